The van der Waals surface area contributed by atoms with Gasteiger partial charge in [0.1, 0.15) is 0 Å². The maximum absolute atomic E-state index is 13.7. The number of hydrogen-bond acceptors (Lipinski definition) is 7. The average molecular weight is 534 g/mol. The van der Waals surface area contributed by atoms with E-state index < -0.39 is 0 Å². The van der Waals surface area contributed by atoms with Gasteiger partial charge in [-0.05, 0) is 64.2 Å². The summed E-state index contributed by atoms with van der Waals surface area (Å²) in [5.41, 5.74) is 0.595. The summed E-state index contributed by atoms with van der Waals surface area (Å²) in [6.07, 6.45) is 6.25. The van der Waals surface area contributed by atoms with Gasteiger partial charge in [-0.3, -0.25) is 9.59 Å². The Morgan fingerprint density at radius 2 is 1.71 bits per heavy atom. The fourth-order valence-electron chi connectivity index (χ4n) is 5.19. The molecule has 2 fully saturated rings. The van der Waals surface area contributed by atoms with Crippen LogP contribution in [0.25, 0.3) is 0 Å². The maximum atomic E-state index is 13.7. The lowest BCUT2D eigenvalue weighted by atomic mass is 9.95. The molecule has 9 nitrogen and oxygen atoms in total. The summed E-state index contributed by atoms with van der Waals surface area (Å²) in [5, 5.41) is 3.66. The minimum atomic E-state index is -0.00158. The molecule has 0 aromatic heterocycles. The second-order valence-electron chi connectivity index (χ2n) is 10.6. The van der Waals surface area contributed by atoms with Crippen LogP contribution in [0.5, 0.6) is 11.5 Å². The Hall–Kier alpha value is -2.36. The quantitative estimate of drug-likeness (QED) is 0.325. The minimum absolute atomic E-state index is 0.00158. The van der Waals surface area contributed by atoms with Crippen LogP contribution in [0.15, 0.2) is 18.2 Å². The lowest BCUT2D eigenvalue weighted by Gasteiger charge is -2.40. The molecule has 1 heterocycles. The van der Waals surface area contributed by atoms with E-state index in [1.54, 1.807) is 33.5 Å². The zero-order valence-electron chi connectivity index (χ0n) is 23.9. The van der Waals surface area contributed by atoms with Crippen LogP contribution in [0.2, 0.25) is 0 Å². The molecule has 0 spiro atoms. The Balaban J connectivity index is 1.57. The molecular weight excluding hydrogens is 486 g/mol. The first kappa shape index (κ1) is 30.2. The highest BCUT2D eigenvalue weighted by Crippen LogP contribution is 2.31. The van der Waals surface area contributed by atoms with Crippen molar-refractivity contribution in [1.29, 1.82) is 0 Å². The number of rotatable bonds is 16. The van der Waals surface area contributed by atoms with Crippen LogP contribution in [0.3, 0.4) is 0 Å². The van der Waals surface area contributed by atoms with Gasteiger partial charge in [-0.15, -0.1) is 0 Å². The van der Waals surface area contributed by atoms with Crippen molar-refractivity contribution < 1.29 is 28.5 Å². The Bertz CT molecular complexity index is 883. The number of nitrogens with zero attached hydrogens (tertiary/aromatic N) is 2. The van der Waals surface area contributed by atoms with Gasteiger partial charge in [0, 0.05) is 70.1 Å². The van der Waals surface area contributed by atoms with E-state index in [9.17, 15) is 9.59 Å². The van der Waals surface area contributed by atoms with Gasteiger partial charge in [0.15, 0.2) is 11.5 Å². The largest absolute Gasteiger partial charge is 0.493 e. The third-order valence-corrected chi connectivity index (χ3v) is 7.38. The van der Waals surface area contributed by atoms with E-state index in [1.165, 1.54) is 0 Å². The second kappa shape index (κ2) is 15.3. The summed E-state index contributed by atoms with van der Waals surface area (Å²) < 4.78 is 21.5. The van der Waals surface area contributed by atoms with Crippen molar-refractivity contribution in [1.82, 2.24) is 15.1 Å². The number of hydrogen-bond donors (Lipinski definition) is 1. The van der Waals surface area contributed by atoms with Crippen molar-refractivity contribution in [3.05, 3.63) is 23.8 Å². The molecular formula is C29H47N3O6. The first-order valence-electron chi connectivity index (χ1n) is 14.0. The van der Waals surface area contributed by atoms with Crippen molar-refractivity contribution in [3.8, 4) is 11.5 Å². The second-order valence-corrected chi connectivity index (χ2v) is 10.6. The molecule has 1 aromatic carbocycles. The maximum Gasteiger partial charge on any atom is 0.254 e. The Morgan fingerprint density at radius 1 is 0.974 bits per heavy atom. The van der Waals surface area contributed by atoms with E-state index in [1.807, 2.05) is 11.0 Å². The minimum Gasteiger partial charge on any atom is -0.493 e. The number of methoxy groups -OCH3 is 3. The molecule has 1 saturated heterocycles. The highest BCUT2D eigenvalue weighted by molar-refractivity contribution is 5.95. The number of nitrogens with one attached hydrogen (secondary N) is 1. The van der Waals surface area contributed by atoms with Crippen molar-refractivity contribution in [3.63, 3.8) is 0 Å². The lowest BCUT2D eigenvalue weighted by Crippen LogP contribution is -2.54. The fraction of sp³-hybridized carbons (Fsp3) is 0.724. The van der Waals surface area contributed by atoms with Gasteiger partial charge in [0.05, 0.1) is 26.7 Å². The summed E-state index contributed by atoms with van der Waals surface area (Å²) in [4.78, 5) is 30.3. The molecule has 214 valence electrons. The van der Waals surface area contributed by atoms with Gasteiger partial charge >= 0.3 is 0 Å². The molecule has 3 rings (SSSR count). The number of ether oxygens (including phenoxy) is 4. The van der Waals surface area contributed by atoms with Crippen LogP contribution in [0.4, 0.5) is 0 Å². The molecule has 1 aliphatic heterocycles. The summed E-state index contributed by atoms with van der Waals surface area (Å²) in [5.74, 6) is 1.37. The number of piperidine rings is 1. The molecule has 2 amide bonds. The van der Waals surface area contributed by atoms with Gasteiger partial charge in [-0.1, -0.05) is 0 Å². The molecule has 2 aliphatic rings. The molecule has 1 aromatic rings. The van der Waals surface area contributed by atoms with Crippen LogP contribution >= 0.6 is 0 Å². The predicted molar refractivity (Wildman–Crippen MR) is 147 cm³/mol. The van der Waals surface area contributed by atoms with E-state index in [-0.39, 0.29) is 23.9 Å². The zero-order chi connectivity index (χ0) is 27.5. The van der Waals surface area contributed by atoms with Crippen molar-refractivity contribution >= 4 is 11.8 Å². The molecule has 1 aliphatic carbocycles. The topological polar surface area (TPSA) is 89.6 Å². The number of carbonyl (C=O) groups is 2. The van der Waals surface area contributed by atoms with E-state index in [0.29, 0.717) is 55.4 Å². The smallest absolute Gasteiger partial charge is 0.254 e. The molecule has 38 heavy (non-hydrogen) atoms. The Morgan fingerprint density at radius 3 is 2.32 bits per heavy atom. The van der Waals surface area contributed by atoms with Crippen LogP contribution in [0.1, 0.15) is 69.2 Å². The summed E-state index contributed by atoms with van der Waals surface area (Å²) in [6, 6.07) is 6.31. The van der Waals surface area contributed by atoms with Crippen LogP contribution in [0, 0.1) is 0 Å². The number of amides is 2. The Kier molecular flexibility index (Phi) is 12.1. The highest BCUT2D eigenvalue weighted by atomic mass is 16.5. The molecule has 2 atom stereocenters. The van der Waals surface area contributed by atoms with Crippen LogP contribution in [-0.4, -0.2) is 100 Å². The van der Waals surface area contributed by atoms with Gasteiger partial charge in [-0.25, -0.2) is 0 Å². The molecule has 0 radical (unpaired) electrons. The van der Waals surface area contributed by atoms with Crippen molar-refractivity contribution in [2.75, 3.05) is 54.2 Å². The van der Waals surface area contributed by atoms with Gasteiger partial charge in [-0.2, -0.15) is 0 Å². The number of benzene rings is 1. The standard InChI is InChI=1S/C29H47N3O6/c1-21(2)32(29(34)22-7-12-26(37-5)27(19-22)38-17-6-16-35-3)25-9-8-23(30-20-25)13-15-31(24-10-11-24)28(33)14-18-36-4/h7,12,19,21,23-25,30H,6,8-11,13-18,20H2,1-5H3. The van der Waals surface area contributed by atoms with Crippen molar-refractivity contribution in [2.45, 2.75) is 83.0 Å². The predicted octanol–water partition coefficient (Wildman–Crippen LogP) is 3.50. The van der Waals surface area contributed by atoms with E-state index in [2.05, 4.69) is 24.1 Å². The van der Waals surface area contributed by atoms with Crippen LogP contribution in [-0.2, 0) is 14.3 Å². The first-order valence-corrected chi connectivity index (χ1v) is 14.0. The van der Waals surface area contributed by atoms with Gasteiger partial charge < -0.3 is 34.1 Å². The van der Waals surface area contributed by atoms with E-state index in [4.69, 9.17) is 18.9 Å². The summed E-state index contributed by atoms with van der Waals surface area (Å²) >= 11 is 0. The van der Waals surface area contributed by atoms with Crippen LogP contribution < -0.4 is 14.8 Å². The van der Waals surface area contributed by atoms with E-state index in [0.717, 1.165) is 51.6 Å². The zero-order valence-corrected chi connectivity index (χ0v) is 23.9. The molecule has 0 bridgehead atoms. The van der Waals surface area contributed by atoms with Gasteiger partial charge in [0.2, 0.25) is 5.91 Å². The fourth-order valence-corrected chi connectivity index (χ4v) is 5.19. The lowest BCUT2D eigenvalue weighted by molar-refractivity contribution is -0.132. The SMILES string of the molecule is COCCCOc1cc(C(=O)N(C(C)C)C2CCC(CCN(C(=O)CCOC)C3CC3)NC2)ccc1OC. The normalized spacial score (nSPS) is 19.3. The third kappa shape index (κ3) is 8.58. The summed E-state index contributed by atoms with van der Waals surface area (Å²) in [7, 11) is 4.90. The molecule has 9 heteroatoms. The first-order chi connectivity index (χ1) is 18.4. The molecule has 2 unspecified atom stereocenters. The highest BCUT2D eigenvalue weighted by Gasteiger charge is 2.34. The Labute approximate surface area is 228 Å². The molecule has 1 saturated carbocycles. The number of carbonyl (C=O) groups excluding carboxylic acids is 2. The summed E-state index contributed by atoms with van der Waals surface area (Å²) in [6.45, 7) is 7.22. The third-order valence-electron chi connectivity index (χ3n) is 7.38. The van der Waals surface area contributed by atoms with Gasteiger partial charge in [0.25, 0.3) is 5.91 Å². The van der Waals surface area contributed by atoms with Crippen molar-refractivity contribution in [2.24, 2.45) is 0 Å². The van der Waals surface area contributed by atoms with E-state index >= 15 is 0 Å². The monoisotopic (exact) mass is 533 g/mol. The molecule has 1 N–H and O–H groups in total. The average Bonchev–Trinajstić information content (AvgIpc) is 3.76.